The molecule has 0 atom stereocenters. The zero-order chi connectivity index (χ0) is 19.6. The maximum Gasteiger partial charge on any atom is 0.285 e. The Morgan fingerprint density at radius 2 is 1.96 bits per heavy atom. The molecule has 0 unspecified atom stereocenters. The van der Waals surface area contributed by atoms with Crippen molar-refractivity contribution in [2.45, 2.75) is 0 Å². The van der Waals surface area contributed by atoms with Crippen molar-refractivity contribution in [3.63, 3.8) is 0 Å². The van der Waals surface area contributed by atoms with Crippen LogP contribution in [0.1, 0.15) is 15.9 Å². The van der Waals surface area contributed by atoms with Crippen LogP contribution >= 0.6 is 24.0 Å². The molecular weight excluding hydrogens is 393 g/mol. The molecule has 2 amide bonds. The molecule has 0 aromatic heterocycles. The molecule has 2 aromatic rings. The number of nitrogens with one attached hydrogen (secondary N) is 1. The molecule has 1 aliphatic rings. The van der Waals surface area contributed by atoms with E-state index in [4.69, 9.17) is 12.2 Å². The van der Waals surface area contributed by atoms with Crippen LogP contribution in [0.3, 0.4) is 0 Å². The number of hydrogen-bond donors (Lipinski definition) is 1. The van der Waals surface area contributed by atoms with Crippen LogP contribution in [0.4, 0.5) is 10.1 Å². The molecule has 3 rings (SSSR count). The van der Waals surface area contributed by atoms with Crippen molar-refractivity contribution >= 4 is 51.9 Å². The second-order valence-electron chi connectivity index (χ2n) is 5.32. The predicted molar refractivity (Wildman–Crippen MR) is 102 cm³/mol. The zero-order valence-electron chi connectivity index (χ0n) is 13.4. The van der Waals surface area contributed by atoms with E-state index in [-0.39, 0.29) is 20.5 Å². The highest BCUT2D eigenvalue weighted by molar-refractivity contribution is 8.26. The van der Waals surface area contributed by atoms with Crippen molar-refractivity contribution in [2.75, 3.05) is 0 Å². The Kier molecular flexibility index (Phi) is 5.28. The molecule has 1 fully saturated rings. The highest BCUT2D eigenvalue weighted by atomic mass is 32.2. The van der Waals surface area contributed by atoms with Crippen LogP contribution in [0.2, 0.25) is 0 Å². The van der Waals surface area contributed by atoms with Gasteiger partial charge in [-0.25, -0.2) is 4.39 Å². The summed E-state index contributed by atoms with van der Waals surface area (Å²) in [6, 6.07) is 10.6. The number of non-ortho nitro benzene ring substituents is 1. The standard InChI is InChI=1S/C17H10FN3O4S2/c18-12-6-4-10(5-7-12)8-14-16(23)20(17(26)27-14)19-15(22)11-2-1-3-13(9-11)21(24)25/h1-9H,(H,19,22)/b14-8+. The number of hydrogen-bond acceptors (Lipinski definition) is 6. The third kappa shape index (κ3) is 4.18. The molecule has 2 aromatic carbocycles. The van der Waals surface area contributed by atoms with E-state index in [1.165, 1.54) is 48.5 Å². The molecule has 7 nitrogen and oxygen atoms in total. The van der Waals surface area contributed by atoms with Crippen LogP contribution < -0.4 is 5.43 Å². The van der Waals surface area contributed by atoms with Crippen molar-refractivity contribution < 1.29 is 18.9 Å². The number of benzene rings is 2. The second-order valence-corrected chi connectivity index (χ2v) is 6.99. The van der Waals surface area contributed by atoms with Crippen LogP contribution in [-0.4, -0.2) is 26.1 Å². The number of thioether (sulfide) groups is 1. The fourth-order valence-corrected chi connectivity index (χ4v) is 3.38. The Labute approximate surface area is 162 Å². The summed E-state index contributed by atoms with van der Waals surface area (Å²) >= 11 is 6.09. The summed E-state index contributed by atoms with van der Waals surface area (Å²) in [5, 5.41) is 11.7. The molecular formula is C17H10FN3O4S2. The lowest BCUT2D eigenvalue weighted by Crippen LogP contribution is -2.44. The Morgan fingerprint density at radius 1 is 1.26 bits per heavy atom. The van der Waals surface area contributed by atoms with Crippen LogP contribution in [-0.2, 0) is 4.79 Å². The van der Waals surface area contributed by atoms with Crippen molar-refractivity contribution in [1.29, 1.82) is 0 Å². The largest absolute Gasteiger partial charge is 0.285 e. The van der Waals surface area contributed by atoms with E-state index in [9.17, 15) is 24.1 Å². The summed E-state index contributed by atoms with van der Waals surface area (Å²) in [4.78, 5) is 35.2. The van der Waals surface area contributed by atoms with E-state index >= 15 is 0 Å². The fraction of sp³-hybridized carbons (Fsp3) is 0. The van der Waals surface area contributed by atoms with Gasteiger partial charge in [-0.3, -0.25) is 25.1 Å². The summed E-state index contributed by atoms with van der Waals surface area (Å²) < 4.78 is 13.1. The van der Waals surface area contributed by atoms with Gasteiger partial charge in [0.25, 0.3) is 17.5 Å². The van der Waals surface area contributed by atoms with Crippen molar-refractivity contribution in [2.24, 2.45) is 0 Å². The van der Waals surface area contributed by atoms with Crippen molar-refractivity contribution in [3.05, 3.63) is 80.5 Å². The van der Waals surface area contributed by atoms with Gasteiger partial charge < -0.3 is 0 Å². The van der Waals surface area contributed by atoms with Gasteiger partial charge >= 0.3 is 0 Å². The quantitative estimate of drug-likeness (QED) is 0.365. The number of nitrogens with zero attached hydrogens (tertiary/aromatic N) is 2. The molecule has 1 N–H and O–H groups in total. The number of amides is 2. The normalized spacial score (nSPS) is 15.3. The summed E-state index contributed by atoms with van der Waals surface area (Å²) in [7, 11) is 0. The SMILES string of the molecule is O=C(NN1C(=O)/C(=C\c2ccc(F)cc2)SC1=S)c1cccc([N+](=O)[O-])c1. The lowest BCUT2D eigenvalue weighted by Gasteiger charge is -2.15. The van der Waals surface area contributed by atoms with Gasteiger partial charge in [0.2, 0.25) is 0 Å². The minimum Gasteiger partial charge on any atom is -0.267 e. The van der Waals surface area contributed by atoms with E-state index in [0.29, 0.717) is 5.56 Å². The molecule has 0 aliphatic carbocycles. The first-order chi connectivity index (χ1) is 12.8. The number of hydrazine groups is 1. The summed E-state index contributed by atoms with van der Waals surface area (Å²) in [6.45, 7) is 0. The van der Waals surface area contributed by atoms with Gasteiger partial charge in [0.15, 0.2) is 4.32 Å². The number of nitro groups is 1. The first kappa shape index (κ1) is 18.7. The lowest BCUT2D eigenvalue weighted by atomic mass is 10.2. The molecule has 0 saturated carbocycles. The molecule has 0 spiro atoms. The first-order valence-corrected chi connectivity index (χ1v) is 8.66. The minimum atomic E-state index is -0.710. The average molecular weight is 403 g/mol. The van der Waals surface area contributed by atoms with Crippen LogP contribution in [0.15, 0.2) is 53.4 Å². The maximum absolute atomic E-state index is 13.0. The predicted octanol–water partition coefficient (Wildman–Crippen LogP) is 3.28. The molecule has 10 heteroatoms. The Morgan fingerprint density at radius 3 is 2.63 bits per heavy atom. The Balaban J connectivity index is 1.77. The van der Waals surface area contributed by atoms with E-state index in [1.807, 2.05) is 0 Å². The molecule has 0 bridgehead atoms. The second kappa shape index (κ2) is 7.64. The molecule has 27 heavy (non-hydrogen) atoms. The van der Waals surface area contributed by atoms with Crippen LogP contribution in [0, 0.1) is 15.9 Å². The molecule has 1 aliphatic heterocycles. The lowest BCUT2D eigenvalue weighted by molar-refractivity contribution is -0.384. The number of carbonyl (C=O) groups is 2. The molecule has 1 heterocycles. The number of rotatable bonds is 4. The van der Waals surface area contributed by atoms with Crippen molar-refractivity contribution in [3.8, 4) is 0 Å². The topological polar surface area (TPSA) is 92.6 Å². The van der Waals surface area contributed by atoms with Gasteiger partial charge in [0, 0.05) is 17.7 Å². The molecule has 1 saturated heterocycles. The van der Waals surface area contributed by atoms with E-state index in [2.05, 4.69) is 5.43 Å². The molecule has 0 radical (unpaired) electrons. The summed E-state index contributed by atoms with van der Waals surface area (Å²) in [6.07, 6.45) is 1.53. The van der Waals surface area contributed by atoms with Gasteiger partial charge in [0.1, 0.15) is 5.82 Å². The third-order valence-corrected chi connectivity index (χ3v) is 4.80. The summed E-state index contributed by atoms with van der Waals surface area (Å²) in [5.74, 6) is -1.66. The Bertz CT molecular complexity index is 992. The van der Waals surface area contributed by atoms with Gasteiger partial charge in [-0.05, 0) is 42.1 Å². The number of halogens is 1. The number of nitro benzene ring substituents is 1. The van der Waals surface area contributed by atoms with Crippen molar-refractivity contribution in [1.82, 2.24) is 10.4 Å². The zero-order valence-corrected chi connectivity index (χ0v) is 15.1. The van der Waals surface area contributed by atoms with E-state index < -0.39 is 22.6 Å². The van der Waals surface area contributed by atoms with Gasteiger partial charge in [-0.1, -0.05) is 30.0 Å². The van der Waals surface area contributed by atoms with Gasteiger partial charge in [0.05, 0.1) is 9.83 Å². The highest BCUT2D eigenvalue weighted by Gasteiger charge is 2.33. The van der Waals surface area contributed by atoms with Crippen LogP contribution in [0.5, 0.6) is 0 Å². The highest BCUT2D eigenvalue weighted by Crippen LogP contribution is 2.31. The average Bonchev–Trinajstić information content (AvgIpc) is 2.91. The van der Waals surface area contributed by atoms with E-state index in [0.717, 1.165) is 22.8 Å². The van der Waals surface area contributed by atoms with Gasteiger partial charge in [-0.15, -0.1) is 0 Å². The van der Waals surface area contributed by atoms with Gasteiger partial charge in [-0.2, -0.15) is 5.01 Å². The third-order valence-electron chi connectivity index (χ3n) is 3.49. The maximum atomic E-state index is 13.0. The number of carbonyl (C=O) groups excluding carboxylic acids is 2. The minimum absolute atomic E-state index is 0.0146. The fourth-order valence-electron chi connectivity index (χ4n) is 2.20. The summed E-state index contributed by atoms with van der Waals surface area (Å²) in [5.41, 5.74) is 2.71. The van der Waals surface area contributed by atoms with E-state index in [1.54, 1.807) is 0 Å². The first-order valence-electron chi connectivity index (χ1n) is 7.44. The van der Waals surface area contributed by atoms with Crippen LogP contribution in [0.25, 0.3) is 6.08 Å². The molecule has 136 valence electrons. The smallest absolute Gasteiger partial charge is 0.267 e. The number of thiocarbonyl (C=S) groups is 1. The monoisotopic (exact) mass is 403 g/mol. The Hall–Kier alpha value is -3.11.